The van der Waals surface area contributed by atoms with Gasteiger partial charge in [-0.25, -0.2) is 9.97 Å². The highest BCUT2D eigenvalue weighted by molar-refractivity contribution is 5.29. The van der Waals surface area contributed by atoms with Crippen molar-refractivity contribution in [2.24, 2.45) is 0 Å². The fourth-order valence-corrected chi connectivity index (χ4v) is 2.94. The van der Waals surface area contributed by atoms with Crippen molar-refractivity contribution in [3.8, 4) is 0 Å². The van der Waals surface area contributed by atoms with Crippen LogP contribution in [0.1, 0.15) is 12.8 Å². The summed E-state index contributed by atoms with van der Waals surface area (Å²) in [5.41, 5.74) is 0. The van der Waals surface area contributed by atoms with E-state index >= 15 is 0 Å². The van der Waals surface area contributed by atoms with Crippen LogP contribution in [0.4, 0.5) is 5.95 Å². The number of piperazine rings is 1. The van der Waals surface area contributed by atoms with Gasteiger partial charge in [-0.2, -0.15) is 0 Å². The molecular weight excluding hydrogens is 266 g/mol. The topological polar surface area (TPSA) is 53.5 Å². The number of rotatable bonds is 5. The Bertz CT molecular complexity index is 402. The van der Waals surface area contributed by atoms with Crippen molar-refractivity contribution in [1.82, 2.24) is 20.2 Å². The lowest BCUT2D eigenvalue weighted by atomic mass is 10.1. The zero-order valence-corrected chi connectivity index (χ0v) is 12.6. The highest BCUT2D eigenvalue weighted by atomic mass is 16.5. The van der Waals surface area contributed by atoms with Gasteiger partial charge in [0.2, 0.25) is 5.95 Å². The second kappa shape index (κ2) is 7.68. The van der Waals surface area contributed by atoms with Gasteiger partial charge >= 0.3 is 0 Å². The van der Waals surface area contributed by atoms with Crippen LogP contribution in [0.5, 0.6) is 0 Å². The minimum atomic E-state index is 0.463. The normalized spacial score (nSPS) is 21.6. The standard InChI is InChI=1S/C15H25N5O/c1-4-17-15(18-5-1)20-10-8-19(9-11-20)12-13-21-14-2-6-16-7-3-14/h1,4-5,14,16H,2-3,6-13H2. The van der Waals surface area contributed by atoms with E-state index in [1.807, 2.05) is 18.5 Å². The molecule has 2 fully saturated rings. The van der Waals surface area contributed by atoms with E-state index in [2.05, 4.69) is 25.1 Å². The van der Waals surface area contributed by atoms with E-state index in [9.17, 15) is 0 Å². The average Bonchev–Trinajstić information content (AvgIpc) is 2.57. The Morgan fingerprint density at radius 2 is 1.81 bits per heavy atom. The molecule has 0 aromatic carbocycles. The zero-order valence-electron chi connectivity index (χ0n) is 12.6. The second-order valence-electron chi connectivity index (χ2n) is 5.70. The maximum absolute atomic E-state index is 5.98. The maximum Gasteiger partial charge on any atom is 0.225 e. The van der Waals surface area contributed by atoms with Crippen LogP contribution in [-0.2, 0) is 4.74 Å². The highest BCUT2D eigenvalue weighted by Gasteiger charge is 2.19. The third-order valence-electron chi connectivity index (χ3n) is 4.25. The summed E-state index contributed by atoms with van der Waals surface area (Å²) in [7, 11) is 0. The molecule has 1 N–H and O–H groups in total. The van der Waals surface area contributed by atoms with Crippen LogP contribution in [0, 0.1) is 0 Å². The van der Waals surface area contributed by atoms with Gasteiger partial charge in [0.1, 0.15) is 0 Å². The van der Waals surface area contributed by atoms with Crippen LogP contribution in [-0.4, -0.2) is 73.4 Å². The molecule has 3 rings (SSSR count). The number of piperidine rings is 1. The van der Waals surface area contributed by atoms with E-state index in [0.717, 1.165) is 71.2 Å². The summed E-state index contributed by atoms with van der Waals surface area (Å²) >= 11 is 0. The van der Waals surface area contributed by atoms with Crippen LogP contribution < -0.4 is 10.2 Å². The lowest BCUT2D eigenvalue weighted by Gasteiger charge is -2.35. The molecule has 2 aliphatic heterocycles. The third-order valence-corrected chi connectivity index (χ3v) is 4.25. The molecule has 0 atom stereocenters. The molecule has 0 radical (unpaired) electrons. The first-order valence-electron chi connectivity index (χ1n) is 7.98. The summed E-state index contributed by atoms with van der Waals surface area (Å²) in [4.78, 5) is 13.4. The second-order valence-corrected chi connectivity index (χ2v) is 5.70. The number of aromatic nitrogens is 2. The molecule has 0 amide bonds. The molecule has 6 heteroatoms. The van der Waals surface area contributed by atoms with Gasteiger partial charge in [0.05, 0.1) is 12.7 Å². The molecule has 21 heavy (non-hydrogen) atoms. The Balaban J connectivity index is 1.34. The first-order chi connectivity index (χ1) is 10.4. The van der Waals surface area contributed by atoms with Gasteiger partial charge in [-0.05, 0) is 32.0 Å². The first-order valence-corrected chi connectivity index (χ1v) is 7.98. The predicted octanol–water partition coefficient (Wildman–Crippen LogP) is 0.367. The quantitative estimate of drug-likeness (QED) is 0.846. The van der Waals surface area contributed by atoms with Crippen molar-refractivity contribution >= 4 is 5.95 Å². The summed E-state index contributed by atoms with van der Waals surface area (Å²) in [6, 6.07) is 1.86. The molecule has 2 aliphatic rings. The lowest BCUT2D eigenvalue weighted by molar-refractivity contribution is 0.0195. The minimum absolute atomic E-state index is 0.463. The monoisotopic (exact) mass is 291 g/mol. The minimum Gasteiger partial charge on any atom is -0.377 e. The number of nitrogens with one attached hydrogen (secondary N) is 1. The van der Waals surface area contributed by atoms with Gasteiger partial charge in [-0.15, -0.1) is 0 Å². The number of anilines is 1. The smallest absolute Gasteiger partial charge is 0.225 e. The number of nitrogens with zero attached hydrogens (tertiary/aromatic N) is 4. The van der Waals surface area contributed by atoms with Crippen LogP contribution in [0.25, 0.3) is 0 Å². The largest absolute Gasteiger partial charge is 0.377 e. The Labute approximate surface area is 126 Å². The van der Waals surface area contributed by atoms with Crippen molar-refractivity contribution in [2.75, 3.05) is 57.3 Å². The number of ether oxygens (including phenoxy) is 1. The van der Waals surface area contributed by atoms with E-state index in [0.29, 0.717) is 6.10 Å². The molecule has 1 aromatic heterocycles. The predicted molar refractivity (Wildman–Crippen MR) is 82.5 cm³/mol. The summed E-state index contributed by atoms with van der Waals surface area (Å²) in [5, 5.41) is 3.37. The fourth-order valence-electron chi connectivity index (χ4n) is 2.94. The molecular formula is C15H25N5O. The molecule has 0 unspecified atom stereocenters. The molecule has 0 saturated carbocycles. The molecule has 0 bridgehead atoms. The van der Waals surface area contributed by atoms with Crippen LogP contribution in [0.2, 0.25) is 0 Å². The van der Waals surface area contributed by atoms with E-state index in [-0.39, 0.29) is 0 Å². The first kappa shape index (κ1) is 14.7. The Morgan fingerprint density at radius 1 is 1.10 bits per heavy atom. The highest BCUT2D eigenvalue weighted by Crippen LogP contribution is 2.10. The molecule has 0 spiro atoms. The number of hydrogen-bond acceptors (Lipinski definition) is 6. The van der Waals surface area contributed by atoms with Crippen LogP contribution >= 0.6 is 0 Å². The summed E-state index contributed by atoms with van der Waals surface area (Å²) in [5.74, 6) is 0.850. The Hall–Kier alpha value is -1.24. The van der Waals surface area contributed by atoms with Crippen molar-refractivity contribution < 1.29 is 4.74 Å². The van der Waals surface area contributed by atoms with E-state index in [4.69, 9.17) is 4.74 Å². The molecule has 0 aliphatic carbocycles. The summed E-state index contributed by atoms with van der Waals surface area (Å²) in [6.45, 7) is 8.21. The van der Waals surface area contributed by atoms with E-state index in [1.54, 1.807) is 0 Å². The van der Waals surface area contributed by atoms with Gasteiger partial charge in [-0.1, -0.05) is 0 Å². The average molecular weight is 291 g/mol. The van der Waals surface area contributed by atoms with Crippen LogP contribution in [0.3, 0.4) is 0 Å². The summed E-state index contributed by atoms with van der Waals surface area (Å²) in [6.07, 6.45) is 6.38. The number of hydrogen-bond donors (Lipinski definition) is 1. The van der Waals surface area contributed by atoms with Crippen molar-refractivity contribution in [3.05, 3.63) is 18.5 Å². The zero-order chi connectivity index (χ0) is 14.3. The van der Waals surface area contributed by atoms with Gasteiger partial charge in [-0.3, -0.25) is 4.90 Å². The van der Waals surface area contributed by atoms with Gasteiger partial charge in [0.25, 0.3) is 0 Å². The van der Waals surface area contributed by atoms with Crippen molar-refractivity contribution in [1.29, 1.82) is 0 Å². The van der Waals surface area contributed by atoms with E-state index in [1.165, 1.54) is 0 Å². The molecule has 2 saturated heterocycles. The molecule has 116 valence electrons. The van der Waals surface area contributed by atoms with Crippen molar-refractivity contribution in [3.63, 3.8) is 0 Å². The lowest BCUT2D eigenvalue weighted by Crippen LogP contribution is -2.48. The fraction of sp³-hybridized carbons (Fsp3) is 0.733. The third kappa shape index (κ3) is 4.36. The van der Waals surface area contributed by atoms with Gasteiger partial charge in [0.15, 0.2) is 0 Å². The van der Waals surface area contributed by atoms with Crippen molar-refractivity contribution in [2.45, 2.75) is 18.9 Å². The molecule has 1 aromatic rings. The maximum atomic E-state index is 5.98. The SMILES string of the molecule is c1cnc(N2CCN(CCOC3CCNCC3)CC2)nc1. The Kier molecular flexibility index (Phi) is 5.37. The van der Waals surface area contributed by atoms with Gasteiger partial charge < -0.3 is 15.0 Å². The van der Waals surface area contributed by atoms with Gasteiger partial charge in [0, 0.05) is 45.1 Å². The Morgan fingerprint density at radius 3 is 2.52 bits per heavy atom. The van der Waals surface area contributed by atoms with E-state index < -0.39 is 0 Å². The molecule has 6 nitrogen and oxygen atoms in total. The summed E-state index contributed by atoms with van der Waals surface area (Å²) < 4.78 is 5.98. The molecule has 3 heterocycles. The van der Waals surface area contributed by atoms with Crippen LogP contribution in [0.15, 0.2) is 18.5 Å².